The minimum absolute atomic E-state index is 0.0213. The summed E-state index contributed by atoms with van der Waals surface area (Å²) >= 11 is 5.93. The van der Waals surface area contributed by atoms with E-state index < -0.39 is 9.84 Å². The Bertz CT molecular complexity index is 527. The molecule has 0 N–H and O–H groups in total. The first-order chi connectivity index (χ1) is 8.44. The van der Waals surface area contributed by atoms with Gasteiger partial charge in [0.1, 0.15) is 11.0 Å². The normalized spacial score (nSPS) is 16.9. The first-order valence-electron chi connectivity index (χ1n) is 5.61. The molecule has 1 fully saturated rings. The molecule has 1 aliphatic rings. The molecule has 100 valence electrons. The van der Waals surface area contributed by atoms with Crippen LogP contribution in [0, 0.1) is 0 Å². The van der Waals surface area contributed by atoms with Gasteiger partial charge in [-0.25, -0.2) is 13.4 Å². The van der Waals surface area contributed by atoms with Crippen molar-refractivity contribution in [1.82, 2.24) is 4.98 Å². The Balaban J connectivity index is 2.25. The maximum Gasteiger partial charge on any atom is 0.151 e. The van der Waals surface area contributed by atoms with Crippen LogP contribution >= 0.6 is 11.6 Å². The summed E-state index contributed by atoms with van der Waals surface area (Å²) in [5, 5.41) is 0.317. The van der Waals surface area contributed by atoms with Crippen LogP contribution in [0.4, 0.5) is 5.82 Å². The third kappa shape index (κ3) is 3.83. The molecule has 0 aromatic carbocycles. The largest absolute Gasteiger partial charge is 0.378 e. The van der Waals surface area contributed by atoms with Crippen molar-refractivity contribution < 1.29 is 13.2 Å². The number of halogens is 1. The SMILES string of the molecule is CS(=O)(=O)Cc1cc(Cl)nc(N2CCOCC2)c1. The lowest BCUT2D eigenvalue weighted by Gasteiger charge is -2.28. The van der Waals surface area contributed by atoms with Crippen LogP contribution in [0.1, 0.15) is 5.56 Å². The van der Waals surface area contributed by atoms with Gasteiger partial charge in [0, 0.05) is 19.3 Å². The summed E-state index contributed by atoms with van der Waals surface area (Å²) in [7, 11) is -3.07. The van der Waals surface area contributed by atoms with E-state index in [1.54, 1.807) is 12.1 Å². The van der Waals surface area contributed by atoms with Gasteiger partial charge in [-0.05, 0) is 17.7 Å². The van der Waals surface area contributed by atoms with Crippen molar-refractivity contribution in [2.75, 3.05) is 37.5 Å². The van der Waals surface area contributed by atoms with Gasteiger partial charge in [0.05, 0.1) is 19.0 Å². The van der Waals surface area contributed by atoms with Gasteiger partial charge < -0.3 is 9.64 Å². The standard InChI is InChI=1S/C11H15ClN2O3S/c1-18(15,16)8-9-6-10(12)13-11(7-9)14-2-4-17-5-3-14/h6-7H,2-5,8H2,1H3. The fourth-order valence-electron chi connectivity index (χ4n) is 1.87. The fraction of sp³-hybridized carbons (Fsp3) is 0.545. The van der Waals surface area contributed by atoms with Gasteiger partial charge in [-0.2, -0.15) is 0 Å². The van der Waals surface area contributed by atoms with Crippen molar-refractivity contribution in [1.29, 1.82) is 0 Å². The Labute approximate surface area is 112 Å². The number of ether oxygens (including phenoxy) is 1. The van der Waals surface area contributed by atoms with Crippen molar-refractivity contribution in [3.8, 4) is 0 Å². The van der Waals surface area contributed by atoms with Gasteiger partial charge in [-0.15, -0.1) is 0 Å². The second-order valence-corrected chi connectivity index (χ2v) is 6.85. The number of hydrogen-bond acceptors (Lipinski definition) is 5. The Hall–Kier alpha value is -0.850. The lowest BCUT2D eigenvalue weighted by molar-refractivity contribution is 0.122. The van der Waals surface area contributed by atoms with E-state index in [-0.39, 0.29) is 5.75 Å². The number of rotatable bonds is 3. The van der Waals surface area contributed by atoms with E-state index in [9.17, 15) is 8.42 Å². The van der Waals surface area contributed by atoms with Crippen molar-refractivity contribution in [2.24, 2.45) is 0 Å². The van der Waals surface area contributed by atoms with Crippen LogP contribution in [-0.4, -0.2) is 46.0 Å². The van der Waals surface area contributed by atoms with Gasteiger partial charge in [-0.3, -0.25) is 0 Å². The molecule has 2 rings (SSSR count). The minimum atomic E-state index is -3.07. The molecule has 18 heavy (non-hydrogen) atoms. The molecule has 1 saturated heterocycles. The molecule has 0 saturated carbocycles. The first kappa shape index (κ1) is 13.6. The highest BCUT2D eigenvalue weighted by Crippen LogP contribution is 2.20. The molecule has 7 heteroatoms. The number of morpholine rings is 1. The molecule has 0 aliphatic carbocycles. The molecule has 0 spiro atoms. The second kappa shape index (κ2) is 5.42. The Morgan fingerprint density at radius 1 is 1.39 bits per heavy atom. The molecular weight excluding hydrogens is 276 g/mol. The molecule has 0 unspecified atom stereocenters. The van der Waals surface area contributed by atoms with Crippen LogP contribution in [0.15, 0.2) is 12.1 Å². The number of anilines is 1. The van der Waals surface area contributed by atoms with E-state index in [2.05, 4.69) is 4.98 Å². The molecule has 5 nitrogen and oxygen atoms in total. The Kier molecular flexibility index (Phi) is 4.09. The van der Waals surface area contributed by atoms with Crippen molar-refractivity contribution in [3.63, 3.8) is 0 Å². The maximum absolute atomic E-state index is 11.3. The van der Waals surface area contributed by atoms with Crippen molar-refractivity contribution in [2.45, 2.75) is 5.75 Å². The average molecular weight is 291 g/mol. The van der Waals surface area contributed by atoms with E-state index in [0.29, 0.717) is 29.7 Å². The topological polar surface area (TPSA) is 59.5 Å². The Morgan fingerprint density at radius 2 is 2.06 bits per heavy atom. The van der Waals surface area contributed by atoms with Gasteiger partial charge in [0.2, 0.25) is 0 Å². The van der Waals surface area contributed by atoms with Crippen LogP contribution < -0.4 is 4.90 Å². The zero-order valence-corrected chi connectivity index (χ0v) is 11.7. The molecule has 0 radical (unpaired) electrons. The summed E-state index contributed by atoms with van der Waals surface area (Å²) in [4.78, 5) is 6.27. The third-order valence-corrected chi connectivity index (χ3v) is 3.66. The highest BCUT2D eigenvalue weighted by molar-refractivity contribution is 7.89. The quantitative estimate of drug-likeness (QED) is 0.781. The lowest BCUT2D eigenvalue weighted by atomic mass is 10.3. The zero-order chi connectivity index (χ0) is 13.2. The highest BCUT2D eigenvalue weighted by Gasteiger charge is 2.15. The molecule has 1 aromatic rings. The van der Waals surface area contributed by atoms with E-state index in [1.807, 2.05) is 4.90 Å². The van der Waals surface area contributed by atoms with Gasteiger partial charge in [-0.1, -0.05) is 11.6 Å². The van der Waals surface area contributed by atoms with Crippen molar-refractivity contribution >= 4 is 27.3 Å². The fourth-order valence-corrected chi connectivity index (χ4v) is 2.87. The van der Waals surface area contributed by atoms with E-state index in [0.717, 1.165) is 13.1 Å². The van der Waals surface area contributed by atoms with E-state index in [1.165, 1.54) is 6.26 Å². The van der Waals surface area contributed by atoms with Crippen LogP contribution in [0.3, 0.4) is 0 Å². The second-order valence-electron chi connectivity index (χ2n) is 4.33. The molecule has 1 aliphatic heterocycles. The van der Waals surface area contributed by atoms with E-state index >= 15 is 0 Å². The molecular formula is C11H15ClN2O3S. The number of nitrogens with zero attached hydrogens (tertiary/aromatic N) is 2. The first-order valence-corrected chi connectivity index (χ1v) is 8.05. The number of hydrogen-bond donors (Lipinski definition) is 0. The summed E-state index contributed by atoms with van der Waals surface area (Å²) in [6.45, 7) is 2.78. The van der Waals surface area contributed by atoms with Crippen molar-refractivity contribution in [3.05, 3.63) is 22.8 Å². The van der Waals surface area contributed by atoms with Gasteiger partial charge >= 0.3 is 0 Å². The summed E-state index contributed by atoms with van der Waals surface area (Å²) < 4.78 is 27.9. The molecule has 0 atom stereocenters. The van der Waals surface area contributed by atoms with Crippen LogP contribution in [0.2, 0.25) is 5.15 Å². The average Bonchev–Trinajstić information content (AvgIpc) is 2.27. The summed E-state index contributed by atoms with van der Waals surface area (Å²) in [6, 6.07) is 3.37. The molecule has 0 amide bonds. The smallest absolute Gasteiger partial charge is 0.151 e. The molecule has 0 bridgehead atoms. The maximum atomic E-state index is 11.3. The highest BCUT2D eigenvalue weighted by atomic mass is 35.5. The number of pyridine rings is 1. The van der Waals surface area contributed by atoms with Gasteiger partial charge in [0.25, 0.3) is 0 Å². The molecule has 1 aromatic heterocycles. The van der Waals surface area contributed by atoms with Crippen LogP contribution in [0.5, 0.6) is 0 Å². The third-order valence-electron chi connectivity index (χ3n) is 2.60. The number of aromatic nitrogens is 1. The van der Waals surface area contributed by atoms with E-state index in [4.69, 9.17) is 16.3 Å². The van der Waals surface area contributed by atoms with Crippen LogP contribution in [0.25, 0.3) is 0 Å². The summed E-state index contributed by atoms with van der Waals surface area (Å²) in [6.07, 6.45) is 1.20. The van der Waals surface area contributed by atoms with Gasteiger partial charge in [0.15, 0.2) is 9.84 Å². The number of sulfone groups is 1. The summed E-state index contributed by atoms with van der Waals surface area (Å²) in [5.74, 6) is 0.691. The predicted octanol–water partition coefficient (Wildman–Crippen LogP) is 1.12. The predicted molar refractivity (Wildman–Crippen MR) is 70.8 cm³/mol. The minimum Gasteiger partial charge on any atom is -0.378 e. The van der Waals surface area contributed by atoms with Crippen LogP contribution in [-0.2, 0) is 20.3 Å². The monoisotopic (exact) mass is 290 g/mol. The Morgan fingerprint density at radius 3 is 2.67 bits per heavy atom. The zero-order valence-electron chi connectivity index (χ0n) is 10.1. The molecule has 2 heterocycles. The lowest BCUT2D eigenvalue weighted by Crippen LogP contribution is -2.36. The summed E-state index contributed by atoms with van der Waals surface area (Å²) in [5.41, 5.74) is 0.666.